The first-order valence-corrected chi connectivity index (χ1v) is 7.20. The van der Waals surface area contributed by atoms with Crippen molar-refractivity contribution in [2.24, 2.45) is 5.73 Å². The van der Waals surface area contributed by atoms with Gasteiger partial charge >= 0.3 is 0 Å². The summed E-state index contributed by atoms with van der Waals surface area (Å²) in [5, 5.41) is 0. The first kappa shape index (κ1) is 15.9. The van der Waals surface area contributed by atoms with E-state index in [1.807, 2.05) is 0 Å². The molecule has 0 spiro atoms. The minimum absolute atomic E-state index is 0.0395. The first-order valence-electron chi connectivity index (χ1n) is 5.35. The lowest BCUT2D eigenvalue weighted by molar-refractivity contribution is 0.126. The van der Waals surface area contributed by atoms with Gasteiger partial charge in [0.05, 0.1) is 16.4 Å². The van der Waals surface area contributed by atoms with E-state index in [1.165, 1.54) is 12.1 Å². The van der Waals surface area contributed by atoms with Crippen molar-refractivity contribution in [3.05, 3.63) is 29.8 Å². The SMILES string of the molecule is CN(CC(F)F)S(=O)(=O)c1ccc(CC(N)=S)cc1. The van der Waals surface area contributed by atoms with Gasteiger partial charge in [-0.3, -0.25) is 0 Å². The average molecular weight is 308 g/mol. The monoisotopic (exact) mass is 308 g/mol. The number of benzene rings is 1. The van der Waals surface area contributed by atoms with Crippen LogP contribution in [-0.4, -0.2) is 37.7 Å². The molecule has 0 bridgehead atoms. The summed E-state index contributed by atoms with van der Waals surface area (Å²) < 4.78 is 48.9. The highest BCUT2D eigenvalue weighted by atomic mass is 32.2. The molecule has 2 N–H and O–H groups in total. The average Bonchev–Trinajstić information content (AvgIpc) is 2.27. The van der Waals surface area contributed by atoms with Crippen molar-refractivity contribution >= 4 is 27.2 Å². The summed E-state index contributed by atoms with van der Waals surface area (Å²) in [6.07, 6.45) is -2.35. The number of sulfonamides is 1. The van der Waals surface area contributed by atoms with Crippen LogP contribution in [-0.2, 0) is 16.4 Å². The second-order valence-corrected chi connectivity index (χ2v) is 6.53. The largest absolute Gasteiger partial charge is 0.393 e. The van der Waals surface area contributed by atoms with Gasteiger partial charge in [0.15, 0.2) is 0 Å². The molecule has 0 saturated carbocycles. The molecule has 1 aromatic carbocycles. The number of hydrogen-bond donors (Lipinski definition) is 1. The van der Waals surface area contributed by atoms with E-state index in [-0.39, 0.29) is 4.90 Å². The molecule has 8 heteroatoms. The highest BCUT2D eigenvalue weighted by Gasteiger charge is 2.23. The standard InChI is InChI=1S/C11H14F2N2O2S2/c1-15(7-10(12)13)19(16,17)9-4-2-8(3-5-9)6-11(14)18/h2-5,10H,6-7H2,1H3,(H2,14,18). The van der Waals surface area contributed by atoms with E-state index in [2.05, 4.69) is 0 Å². The third-order valence-electron chi connectivity index (χ3n) is 2.41. The predicted octanol–water partition coefficient (Wildman–Crippen LogP) is 1.40. The number of nitrogens with two attached hydrogens (primary N) is 1. The molecule has 0 fully saturated rings. The normalized spacial score (nSPS) is 12.1. The maximum Gasteiger partial charge on any atom is 0.252 e. The minimum atomic E-state index is -3.89. The van der Waals surface area contributed by atoms with Crippen molar-refractivity contribution in [1.82, 2.24) is 4.31 Å². The molecule has 0 aromatic heterocycles. The topological polar surface area (TPSA) is 63.4 Å². The van der Waals surface area contributed by atoms with Crippen LogP contribution in [0.5, 0.6) is 0 Å². The van der Waals surface area contributed by atoms with E-state index < -0.39 is 23.0 Å². The lowest BCUT2D eigenvalue weighted by Crippen LogP contribution is -2.31. The third kappa shape index (κ3) is 4.48. The van der Waals surface area contributed by atoms with Crippen LogP contribution in [0.25, 0.3) is 0 Å². The first-order chi connectivity index (χ1) is 8.73. The van der Waals surface area contributed by atoms with Crippen molar-refractivity contribution in [1.29, 1.82) is 0 Å². The smallest absolute Gasteiger partial charge is 0.252 e. The van der Waals surface area contributed by atoms with Crippen LogP contribution < -0.4 is 5.73 Å². The van der Waals surface area contributed by atoms with Crippen LogP contribution in [0.3, 0.4) is 0 Å². The Morgan fingerprint density at radius 1 is 1.37 bits per heavy atom. The number of halogens is 2. The van der Waals surface area contributed by atoms with Gasteiger partial charge in [0, 0.05) is 13.5 Å². The summed E-state index contributed by atoms with van der Waals surface area (Å²) in [5.74, 6) is 0. The van der Waals surface area contributed by atoms with Gasteiger partial charge in [-0.25, -0.2) is 17.2 Å². The number of hydrogen-bond acceptors (Lipinski definition) is 3. The van der Waals surface area contributed by atoms with Crippen LogP contribution >= 0.6 is 12.2 Å². The maximum atomic E-state index is 12.2. The van der Waals surface area contributed by atoms with Crippen LogP contribution in [0.4, 0.5) is 8.78 Å². The fraction of sp³-hybridized carbons (Fsp3) is 0.364. The molecular weight excluding hydrogens is 294 g/mol. The van der Waals surface area contributed by atoms with E-state index in [4.69, 9.17) is 18.0 Å². The van der Waals surface area contributed by atoms with Crippen LogP contribution in [0.15, 0.2) is 29.2 Å². The highest BCUT2D eigenvalue weighted by Crippen LogP contribution is 2.16. The Morgan fingerprint density at radius 2 is 1.89 bits per heavy atom. The predicted molar refractivity (Wildman–Crippen MR) is 72.8 cm³/mol. The number of alkyl halides is 2. The fourth-order valence-electron chi connectivity index (χ4n) is 1.45. The Hall–Kier alpha value is -1.12. The molecule has 0 aliphatic carbocycles. The number of thiocarbonyl (C=S) groups is 1. The van der Waals surface area contributed by atoms with Gasteiger partial charge < -0.3 is 5.73 Å². The summed E-state index contributed by atoms with van der Waals surface area (Å²) in [5.41, 5.74) is 6.14. The Morgan fingerprint density at radius 3 is 2.32 bits per heavy atom. The fourth-order valence-corrected chi connectivity index (χ4v) is 2.77. The van der Waals surface area contributed by atoms with Crippen LogP contribution in [0, 0.1) is 0 Å². The van der Waals surface area contributed by atoms with E-state index in [0.29, 0.717) is 15.7 Å². The van der Waals surface area contributed by atoms with E-state index in [9.17, 15) is 17.2 Å². The summed E-state index contributed by atoms with van der Waals surface area (Å²) >= 11 is 4.74. The van der Waals surface area contributed by atoms with Gasteiger partial charge in [-0.1, -0.05) is 24.4 Å². The highest BCUT2D eigenvalue weighted by molar-refractivity contribution is 7.89. The molecule has 0 aliphatic rings. The van der Waals surface area contributed by atoms with Crippen molar-refractivity contribution in [3.63, 3.8) is 0 Å². The maximum absolute atomic E-state index is 12.2. The summed E-state index contributed by atoms with van der Waals surface area (Å²) in [6.45, 7) is -0.836. The van der Waals surface area contributed by atoms with Gasteiger partial charge in [-0.2, -0.15) is 4.31 Å². The second kappa shape index (κ2) is 6.36. The molecule has 1 aromatic rings. The zero-order valence-corrected chi connectivity index (χ0v) is 11.8. The molecule has 0 saturated heterocycles. The Labute approximate surface area is 116 Å². The number of nitrogens with zero attached hydrogens (tertiary/aromatic N) is 1. The van der Waals surface area contributed by atoms with Crippen LogP contribution in [0.2, 0.25) is 0 Å². The molecule has 0 amide bonds. The van der Waals surface area contributed by atoms with Crippen molar-refractivity contribution in [2.75, 3.05) is 13.6 Å². The molecule has 4 nitrogen and oxygen atoms in total. The summed E-state index contributed by atoms with van der Waals surface area (Å²) in [7, 11) is -2.77. The Kier molecular flexibility index (Phi) is 5.33. The van der Waals surface area contributed by atoms with Crippen LogP contribution in [0.1, 0.15) is 5.56 Å². The Balaban J connectivity index is 2.93. The summed E-state index contributed by atoms with van der Waals surface area (Å²) in [4.78, 5) is 0.257. The lowest BCUT2D eigenvalue weighted by atomic mass is 10.1. The zero-order valence-electron chi connectivity index (χ0n) is 10.2. The van der Waals surface area contributed by atoms with Gasteiger partial charge in [0.2, 0.25) is 10.0 Å². The molecule has 1 rings (SSSR count). The minimum Gasteiger partial charge on any atom is -0.393 e. The zero-order chi connectivity index (χ0) is 14.6. The summed E-state index contributed by atoms with van der Waals surface area (Å²) in [6, 6.07) is 5.82. The van der Waals surface area contributed by atoms with Crippen molar-refractivity contribution in [2.45, 2.75) is 17.7 Å². The molecule has 0 atom stereocenters. The van der Waals surface area contributed by atoms with Gasteiger partial charge in [0.1, 0.15) is 0 Å². The van der Waals surface area contributed by atoms with E-state index in [0.717, 1.165) is 12.6 Å². The van der Waals surface area contributed by atoms with Gasteiger partial charge in [0.25, 0.3) is 6.43 Å². The molecule has 19 heavy (non-hydrogen) atoms. The van der Waals surface area contributed by atoms with Crippen molar-refractivity contribution in [3.8, 4) is 0 Å². The van der Waals surface area contributed by atoms with E-state index >= 15 is 0 Å². The second-order valence-electron chi connectivity index (χ2n) is 3.96. The molecule has 0 aliphatic heterocycles. The lowest BCUT2D eigenvalue weighted by Gasteiger charge is -2.16. The van der Waals surface area contributed by atoms with Gasteiger partial charge in [-0.15, -0.1) is 0 Å². The third-order valence-corrected chi connectivity index (χ3v) is 4.39. The molecule has 0 radical (unpaired) electrons. The van der Waals surface area contributed by atoms with Gasteiger partial charge in [-0.05, 0) is 17.7 Å². The van der Waals surface area contributed by atoms with Crippen molar-refractivity contribution < 1.29 is 17.2 Å². The molecule has 106 valence electrons. The quantitative estimate of drug-likeness (QED) is 0.807. The van der Waals surface area contributed by atoms with E-state index in [1.54, 1.807) is 12.1 Å². The Bertz CT molecular complexity index is 544. The number of rotatable bonds is 6. The molecule has 0 unspecified atom stereocenters. The molecular formula is C11H14F2N2O2S2. The molecule has 0 heterocycles.